The van der Waals surface area contributed by atoms with Gasteiger partial charge in [-0.1, -0.05) is 18.2 Å². The third-order valence-corrected chi connectivity index (χ3v) is 2.58. The van der Waals surface area contributed by atoms with Gasteiger partial charge >= 0.3 is 0 Å². The number of hydrogen-bond donors (Lipinski definition) is 1. The molecule has 2 nitrogen and oxygen atoms in total. The van der Waals surface area contributed by atoms with Gasteiger partial charge < -0.3 is 5.73 Å². The van der Waals surface area contributed by atoms with Gasteiger partial charge in [-0.25, -0.2) is 17.6 Å². The number of nitrogens with two attached hydrogens (primary N) is 1. The predicted molar refractivity (Wildman–Crippen MR) is 78.0 cm³/mol. The van der Waals surface area contributed by atoms with E-state index in [0.717, 1.165) is 12.1 Å². The normalized spacial score (nSPS) is 10.8. The quantitative estimate of drug-likeness (QED) is 0.660. The zero-order valence-corrected chi connectivity index (χ0v) is 12.3. The number of halogens is 5. The molecule has 0 unspecified atom stereocenters. The number of aldehydes is 1. The van der Waals surface area contributed by atoms with Crippen LogP contribution in [0.5, 0.6) is 0 Å². The van der Waals surface area contributed by atoms with Crippen LogP contribution in [0.4, 0.5) is 17.6 Å². The van der Waals surface area contributed by atoms with Crippen LogP contribution in [-0.2, 0) is 0 Å². The molecule has 0 spiro atoms. The molecule has 0 fully saturated rings. The highest BCUT2D eigenvalue weighted by molar-refractivity contribution is 5.85. The molecule has 2 rings (SSSR count). The molecule has 0 aromatic heterocycles. The molecule has 0 aliphatic carbocycles. The van der Waals surface area contributed by atoms with Crippen LogP contribution in [0, 0.1) is 23.3 Å². The molecule has 2 aromatic carbocycles. The molecule has 0 aliphatic rings. The first-order valence-electron chi connectivity index (χ1n) is 5.97. The molecular weight excluding hydrogens is 322 g/mol. The minimum absolute atomic E-state index is 0. The molecule has 1 atom stereocenters. The van der Waals surface area contributed by atoms with Crippen molar-refractivity contribution in [2.45, 2.75) is 13.0 Å². The standard InChI is InChI=1S/C8H9F2N.C7H4F2O.ClH/c1-5(11)6-3-2-4-7(9)8(6)10;8-6-3-1-2-5(4-10)7(6)9;/h2-5H,11H2,1H3;1-4H;1H/t5-;;/m1../s1. The number of rotatable bonds is 2. The van der Waals surface area contributed by atoms with E-state index in [1.54, 1.807) is 6.92 Å². The van der Waals surface area contributed by atoms with E-state index in [4.69, 9.17) is 5.73 Å². The Bertz CT molecular complexity index is 635. The minimum atomic E-state index is -1.09. The average molecular weight is 336 g/mol. The van der Waals surface area contributed by atoms with E-state index in [9.17, 15) is 22.4 Å². The van der Waals surface area contributed by atoms with Crippen molar-refractivity contribution in [1.82, 2.24) is 0 Å². The maximum absolute atomic E-state index is 12.8. The molecule has 22 heavy (non-hydrogen) atoms. The van der Waals surface area contributed by atoms with Crippen LogP contribution >= 0.6 is 12.4 Å². The highest BCUT2D eigenvalue weighted by Crippen LogP contribution is 2.16. The summed E-state index contributed by atoms with van der Waals surface area (Å²) in [5, 5.41) is 0. The molecule has 120 valence electrons. The van der Waals surface area contributed by atoms with Gasteiger partial charge in [0.05, 0.1) is 5.56 Å². The summed E-state index contributed by atoms with van der Waals surface area (Å²) in [6.45, 7) is 1.61. The molecule has 2 N–H and O–H groups in total. The number of carbonyl (C=O) groups is 1. The van der Waals surface area contributed by atoms with Gasteiger partial charge in [0.25, 0.3) is 0 Å². The van der Waals surface area contributed by atoms with E-state index < -0.39 is 29.3 Å². The average Bonchev–Trinajstić information content (AvgIpc) is 2.45. The number of carbonyl (C=O) groups excluding carboxylic acids is 1. The van der Waals surface area contributed by atoms with Gasteiger partial charge in [0.1, 0.15) is 0 Å². The summed E-state index contributed by atoms with van der Waals surface area (Å²) in [5.41, 5.74) is 5.34. The van der Waals surface area contributed by atoms with Crippen LogP contribution in [-0.4, -0.2) is 6.29 Å². The van der Waals surface area contributed by atoms with Gasteiger partial charge in [-0.15, -0.1) is 12.4 Å². The second-order valence-electron chi connectivity index (χ2n) is 4.19. The molecule has 0 bridgehead atoms. The van der Waals surface area contributed by atoms with E-state index in [1.807, 2.05) is 0 Å². The Morgan fingerprint density at radius 1 is 0.955 bits per heavy atom. The van der Waals surface area contributed by atoms with E-state index >= 15 is 0 Å². The molecular formula is C15H14ClF4NO. The molecule has 0 heterocycles. The number of benzene rings is 2. The van der Waals surface area contributed by atoms with Crippen LogP contribution in [0.3, 0.4) is 0 Å². The Kier molecular flexibility index (Phi) is 8.37. The van der Waals surface area contributed by atoms with E-state index in [2.05, 4.69) is 0 Å². The van der Waals surface area contributed by atoms with E-state index in [1.165, 1.54) is 24.3 Å². The van der Waals surface area contributed by atoms with Crippen molar-refractivity contribution in [1.29, 1.82) is 0 Å². The van der Waals surface area contributed by atoms with Gasteiger partial charge in [-0.3, -0.25) is 4.79 Å². The highest BCUT2D eigenvalue weighted by atomic mass is 35.5. The largest absolute Gasteiger partial charge is 0.324 e. The fourth-order valence-corrected chi connectivity index (χ4v) is 1.48. The van der Waals surface area contributed by atoms with Gasteiger partial charge in [0.15, 0.2) is 29.6 Å². The first-order chi connectivity index (χ1) is 9.88. The predicted octanol–water partition coefficient (Wildman–Crippen LogP) is 4.18. The summed E-state index contributed by atoms with van der Waals surface area (Å²) < 4.78 is 49.9. The number of hydrogen-bond acceptors (Lipinski definition) is 2. The third kappa shape index (κ3) is 5.13. The first kappa shape index (κ1) is 20.1. The molecule has 2 aromatic rings. The lowest BCUT2D eigenvalue weighted by molar-refractivity contribution is 0.111. The maximum atomic E-state index is 12.8. The third-order valence-electron chi connectivity index (χ3n) is 2.58. The first-order valence-corrected chi connectivity index (χ1v) is 5.97. The van der Waals surface area contributed by atoms with Gasteiger partial charge in [-0.2, -0.15) is 0 Å². The van der Waals surface area contributed by atoms with Crippen molar-refractivity contribution < 1.29 is 22.4 Å². The Hall–Kier alpha value is -1.92. The van der Waals surface area contributed by atoms with Crippen LogP contribution < -0.4 is 5.73 Å². The van der Waals surface area contributed by atoms with Crippen molar-refractivity contribution in [3.63, 3.8) is 0 Å². The van der Waals surface area contributed by atoms with Crippen LogP contribution in [0.2, 0.25) is 0 Å². The molecule has 0 saturated heterocycles. The van der Waals surface area contributed by atoms with Crippen LogP contribution in [0.1, 0.15) is 28.9 Å². The Morgan fingerprint density at radius 3 is 1.86 bits per heavy atom. The maximum Gasteiger partial charge on any atom is 0.169 e. The summed E-state index contributed by atoms with van der Waals surface area (Å²) in [5.74, 6) is -3.77. The van der Waals surface area contributed by atoms with Crippen molar-refractivity contribution in [2.75, 3.05) is 0 Å². The SMILES string of the molecule is C[C@@H](N)c1cccc(F)c1F.Cl.O=Cc1cccc(F)c1F. The Balaban J connectivity index is 0.000000385. The van der Waals surface area contributed by atoms with Gasteiger partial charge in [0.2, 0.25) is 0 Å². The van der Waals surface area contributed by atoms with Crippen molar-refractivity contribution in [3.05, 3.63) is 70.8 Å². The summed E-state index contributed by atoms with van der Waals surface area (Å²) in [7, 11) is 0. The fourth-order valence-electron chi connectivity index (χ4n) is 1.48. The second-order valence-corrected chi connectivity index (χ2v) is 4.19. The summed E-state index contributed by atoms with van der Waals surface area (Å²) in [4.78, 5) is 9.97. The molecule has 0 radical (unpaired) electrons. The molecule has 0 saturated carbocycles. The lowest BCUT2D eigenvalue weighted by Gasteiger charge is -2.06. The van der Waals surface area contributed by atoms with Crippen LogP contribution in [0.15, 0.2) is 36.4 Å². The van der Waals surface area contributed by atoms with Crippen LogP contribution in [0.25, 0.3) is 0 Å². The second kappa shape index (κ2) is 9.17. The molecule has 7 heteroatoms. The Labute approximate surface area is 131 Å². The monoisotopic (exact) mass is 335 g/mol. The Morgan fingerprint density at radius 2 is 1.45 bits per heavy atom. The highest BCUT2D eigenvalue weighted by Gasteiger charge is 2.09. The summed E-state index contributed by atoms with van der Waals surface area (Å²) in [6, 6.07) is 6.97. The molecule has 0 aliphatic heterocycles. The summed E-state index contributed by atoms with van der Waals surface area (Å²) >= 11 is 0. The van der Waals surface area contributed by atoms with Crippen molar-refractivity contribution in [3.8, 4) is 0 Å². The molecule has 0 amide bonds. The van der Waals surface area contributed by atoms with E-state index in [-0.39, 0.29) is 29.8 Å². The van der Waals surface area contributed by atoms with Crippen molar-refractivity contribution in [2.24, 2.45) is 5.73 Å². The van der Waals surface area contributed by atoms with E-state index in [0.29, 0.717) is 0 Å². The van der Waals surface area contributed by atoms with Gasteiger partial charge in [0, 0.05) is 11.6 Å². The van der Waals surface area contributed by atoms with Gasteiger partial charge in [-0.05, 0) is 25.1 Å². The lowest BCUT2D eigenvalue weighted by Crippen LogP contribution is -2.08. The lowest BCUT2D eigenvalue weighted by atomic mass is 10.1. The fraction of sp³-hybridized carbons (Fsp3) is 0.133. The minimum Gasteiger partial charge on any atom is -0.324 e. The smallest absolute Gasteiger partial charge is 0.169 e. The summed E-state index contributed by atoms with van der Waals surface area (Å²) in [6.07, 6.45) is 0.276. The zero-order valence-electron chi connectivity index (χ0n) is 11.5. The zero-order chi connectivity index (χ0) is 16.0. The van der Waals surface area contributed by atoms with Crippen molar-refractivity contribution >= 4 is 18.7 Å². The topological polar surface area (TPSA) is 43.1 Å².